The summed E-state index contributed by atoms with van der Waals surface area (Å²) in [5.41, 5.74) is 10.6. The predicted octanol–water partition coefficient (Wildman–Crippen LogP) is 3.45. The van der Waals surface area contributed by atoms with E-state index in [9.17, 15) is 10.1 Å². The molecule has 0 amide bonds. The van der Waals surface area contributed by atoms with Crippen molar-refractivity contribution in [1.29, 1.82) is 5.26 Å². The van der Waals surface area contributed by atoms with E-state index >= 15 is 0 Å². The molecule has 1 unspecified atom stereocenters. The number of rotatable bonds is 8. The lowest BCUT2D eigenvalue weighted by molar-refractivity contribution is 0.0502. The number of nitriles is 1. The van der Waals surface area contributed by atoms with Crippen LogP contribution in [-0.2, 0) is 17.6 Å². The van der Waals surface area contributed by atoms with E-state index in [-0.39, 0.29) is 12.0 Å². The van der Waals surface area contributed by atoms with Gasteiger partial charge in [-0.1, -0.05) is 24.3 Å². The van der Waals surface area contributed by atoms with Crippen LogP contribution < -0.4 is 10.6 Å². The number of hydrogen-bond acceptors (Lipinski definition) is 5. The molecule has 0 fully saturated rings. The third-order valence-electron chi connectivity index (χ3n) is 5.04. The Hall–Kier alpha value is -2.84. The van der Waals surface area contributed by atoms with Crippen LogP contribution in [0.15, 0.2) is 42.5 Å². The van der Waals surface area contributed by atoms with E-state index in [1.165, 1.54) is 11.1 Å². The maximum Gasteiger partial charge on any atom is 0.338 e. The van der Waals surface area contributed by atoms with Crippen LogP contribution in [0.2, 0.25) is 0 Å². The van der Waals surface area contributed by atoms with E-state index in [0.717, 1.165) is 50.0 Å². The molecule has 0 spiro atoms. The molecule has 146 valence electrons. The Morgan fingerprint density at radius 1 is 1.32 bits per heavy atom. The van der Waals surface area contributed by atoms with Gasteiger partial charge in [-0.2, -0.15) is 5.26 Å². The molecular weight excluding hydrogens is 350 g/mol. The van der Waals surface area contributed by atoms with E-state index in [0.29, 0.717) is 12.2 Å². The highest BCUT2D eigenvalue weighted by Crippen LogP contribution is 2.33. The van der Waals surface area contributed by atoms with E-state index in [1.54, 1.807) is 12.1 Å². The van der Waals surface area contributed by atoms with Gasteiger partial charge in [0.15, 0.2) is 0 Å². The summed E-state index contributed by atoms with van der Waals surface area (Å²) in [5.74, 6) is -0.293. The van der Waals surface area contributed by atoms with Gasteiger partial charge in [0, 0.05) is 19.1 Å². The van der Waals surface area contributed by atoms with Gasteiger partial charge < -0.3 is 15.4 Å². The molecule has 2 N–H and O–H groups in total. The molecule has 1 atom stereocenters. The third kappa shape index (κ3) is 4.90. The second kappa shape index (κ2) is 9.38. The van der Waals surface area contributed by atoms with Gasteiger partial charge in [0.05, 0.1) is 23.4 Å². The van der Waals surface area contributed by atoms with Crippen LogP contribution in [0.5, 0.6) is 0 Å². The molecule has 0 aromatic heterocycles. The zero-order valence-corrected chi connectivity index (χ0v) is 16.4. The number of hydrogen-bond donors (Lipinski definition) is 1. The molecule has 0 saturated heterocycles. The first-order valence-corrected chi connectivity index (χ1v) is 9.87. The van der Waals surface area contributed by atoms with E-state index in [2.05, 4.69) is 17.0 Å². The molecule has 1 heterocycles. The quantitative estimate of drug-likeness (QED) is 0.563. The molecule has 3 rings (SSSR count). The average Bonchev–Trinajstić information content (AvgIpc) is 3.12. The van der Waals surface area contributed by atoms with Gasteiger partial charge in [-0.05, 0) is 61.9 Å². The van der Waals surface area contributed by atoms with Crippen LogP contribution in [0.4, 0.5) is 5.69 Å². The lowest BCUT2D eigenvalue weighted by Crippen LogP contribution is -2.24. The normalized spacial score (nSPS) is 13.7. The minimum absolute atomic E-state index is 0.161. The number of aryl methyl sites for hydroxylation is 1. The Bertz CT molecular complexity index is 856. The fourth-order valence-corrected chi connectivity index (χ4v) is 3.62. The summed E-state index contributed by atoms with van der Waals surface area (Å²) >= 11 is 0. The minimum Gasteiger partial charge on any atom is -0.462 e. The van der Waals surface area contributed by atoms with Gasteiger partial charge in [0.2, 0.25) is 0 Å². The summed E-state index contributed by atoms with van der Waals surface area (Å²) in [6, 6.07) is 15.7. The van der Waals surface area contributed by atoms with Crippen molar-refractivity contribution >= 4 is 11.7 Å². The second-order valence-electron chi connectivity index (χ2n) is 7.37. The van der Waals surface area contributed by atoms with Gasteiger partial charge in [-0.3, -0.25) is 0 Å². The number of nitrogens with zero attached hydrogens (tertiary/aromatic N) is 2. The van der Waals surface area contributed by atoms with Crippen molar-refractivity contribution in [3.05, 3.63) is 64.7 Å². The molecule has 0 radical (unpaired) electrons. The Morgan fingerprint density at radius 3 is 2.82 bits per heavy atom. The molecular formula is C23H27N3O2. The molecule has 2 aromatic carbocycles. The highest BCUT2D eigenvalue weighted by molar-refractivity contribution is 5.89. The largest absolute Gasteiger partial charge is 0.462 e. The average molecular weight is 377 g/mol. The Kier molecular flexibility index (Phi) is 6.67. The molecule has 28 heavy (non-hydrogen) atoms. The van der Waals surface area contributed by atoms with Crippen molar-refractivity contribution in [3.8, 4) is 6.07 Å². The van der Waals surface area contributed by atoms with E-state index in [1.807, 2.05) is 31.2 Å². The molecule has 1 aliphatic heterocycles. The molecule has 0 aliphatic carbocycles. The molecule has 2 aromatic rings. The number of carbonyl (C=O) groups is 1. The zero-order chi connectivity index (χ0) is 19.9. The van der Waals surface area contributed by atoms with Gasteiger partial charge >= 0.3 is 5.97 Å². The van der Waals surface area contributed by atoms with Crippen molar-refractivity contribution in [3.63, 3.8) is 0 Å². The Labute approximate surface area is 166 Å². The smallest absolute Gasteiger partial charge is 0.338 e. The summed E-state index contributed by atoms with van der Waals surface area (Å²) in [7, 11) is 0. The third-order valence-corrected chi connectivity index (χ3v) is 5.04. The van der Waals surface area contributed by atoms with Crippen LogP contribution in [-0.4, -0.2) is 31.7 Å². The lowest BCUT2D eigenvalue weighted by Gasteiger charge is -2.21. The Morgan fingerprint density at radius 2 is 2.11 bits per heavy atom. The SMILES string of the molecule is CC(N)CCc1cc(C#N)c2c(c1)CCN2CCCOC(=O)c1ccccc1. The highest BCUT2D eigenvalue weighted by Gasteiger charge is 2.23. The molecule has 0 bridgehead atoms. The van der Waals surface area contributed by atoms with Crippen LogP contribution >= 0.6 is 0 Å². The van der Waals surface area contributed by atoms with Crippen LogP contribution in [0.25, 0.3) is 0 Å². The highest BCUT2D eigenvalue weighted by atomic mass is 16.5. The standard InChI is InChI=1S/C23H27N3O2/c1-17(25)8-9-18-14-20-10-12-26(22(20)21(15-18)16-24)11-5-13-28-23(27)19-6-3-2-4-7-19/h2-4,6-7,14-15,17H,5,8-13,25H2,1H3. The maximum absolute atomic E-state index is 12.0. The fourth-order valence-electron chi connectivity index (χ4n) is 3.62. The van der Waals surface area contributed by atoms with Gasteiger partial charge in [0.25, 0.3) is 0 Å². The van der Waals surface area contributed by atoms with Crippen molar-refractivity contribution < 1.29 is 9.53 Å². The minimum atomic E-state index is -0.293. The van der Waals surface area contributed by atoms with Gasteiger partial charge in [0.1, 0.15) is 6.07 Å². The molecule has 1 aliphatic rings. The number of fused-ring (bicyclic) bond motifs is 1. The summed E-state index contributed by atoms with van der Waals surface area (Å²) in [4.78, 5) is 14.2. The number of carbonyl (C=O) groups excluding carboxylic acids is 1. The maximum atomic E-state index is 12.0. The van der Waals surface area contributed by atoms with Crippen LogP contribution in [0.3, 0.4) is 0 Å². The fraction of sp³-hybridized carbons (Fsp3) is 0.391. The number of benzene rings is 2. The van der Waals surface area contributed by atoms with Crippen molar-refractivity contribution in [2.75, 3.05) is 24.6 Å². The van der Waals surface area contributed by atoms with Gasteiger partial charge in [-0.25, -0.2) is 4.79 Å². The number of esters is 1. The summed E-state index contributed by atoms with van der Waals surface area (Å²) < 4.78 is 5.36. The van der Waals surface area contributed by atoms with Gasteiger partial charge in [-0.15, -0.1) is 0 Å². The van der Waals surface area contributed by atoms with Crippen molar-refractivity contribution in [1.82, 2.24) is 0 Å². The second-order valence-corrected chi connectivity index (χ2v) is 7.37. The number of anilines is 1. The summed E-state index contributed by atoms with van der Waals surface area (Å²) in [6.07, 6.45) is 3.49. The lowest BCUT2D eigenvalue weighted by atomic mass is 9.99. The van der Waals surface area contributed by atoms with Crippen molar-refractivity contribution in [2.24, 2.45) is 5.73 Å². The monoisotopic (exact) mass is 377 g/mol. The number of ether oxygens (including phenoxy) is 1. The van der Waals surface area contributed by atoms with E-state index < -0.39 is 0 Å². The number of nitrogens with two attached hydrogens (primary N) is 1. The van der Waals surface area contributed by atoms with Crippen molar-refractivity contribution in [2.45, 2.75) is 38.6 Å². The molecule has 0 saturated carbocycles. The predicted molar refractivity (Wildman–Crippen MR) is 110 cm³/mol. The summed E-state index contributed by atoms with van der Waals surface area (Å²) in [5, 5.41) is 9.62. The van der Waals surface area contributed by atoms with Crippen LogP contribution in [0.1, 0.15) is 46.8 Å². The summed E-state index contributed by atoms with van der Waals surface area (Å²) in [6.45, 7) is 4.04. The Balaban J connectivity index is 1.56. The molecule has 5 nitrogen and oxygen atoms in total. The first-order valence-electron chi connectivity index (χ1n) is 9.87. The first-order chi connectivity index (χ1) is 13.6. The van der Waals surface area contributed by atoms with E-state index in [4.69, 9.17) is 10.5 Å². The van der Waals surface area contributed by atoms with Crippen LogP contribution in [0, 0.1) is 11.3 Å². The topological polar surface area (TPSA) is 79.3 Å². The zero-order valence-electron chi connectivity index (χ0n) is 16.4. The first kappa shape index (κ1) is 19.9. The molecule has 5 heteroatoms.